The van der Waals surface area contributed by atoms with Gasteiger partial charge in [0.05, 0.1) is 24.2 Å². The Kier molecular flexibility index (Phi) is 2.40. The number of aliphatic hydroxyl groups is 1. The van der Waals surface area contributed by atoms with Crippen LogP contribution >= 0.6 is 0 Å². The minimum atomic E-state index is -0.190. The molecule has 0 atom stereocenters. The Morgan fingerprint density at radius 3 is 2.62 bits per heavy atom. The van der Waals surface area contributed by atoms with Gasteiger partial charge in [0.2, 0.25) is 0 Å². The van der Waals surface area contributed by atoms with Crippen LogP contribution in [0.25, 0.3) is 22.2 Å². The molecule has 0 radical (unpaired) electrons. The highest BCUT2D eigenvalue weighted by Crippen LogP contribution is 2.41. The topological polar surface area (TPSA) is 75.4 Å². The van der Waals surface area contributed by atoms with Crippen LogP contribution in [0.2, 0.25) is 0 Å². The predicted octanol–water partition coefficient (Wildman–Crippen LogP) is 1.95. The number of ketones is 1. The summed E-state index contributed by atoms with van der Waals surface area (Å²) < 4.78 is 1.67. The number of hydrogen-bond donors (Lipinski definition) is 2. The first-order valence-electron chi connectivity index (χ1n) is 6.70. The maximum absolute atomic E-state index is 12.6. The highest BCUT2D eigenvalue weighted by molar-refractivity contribution is 6.26. The molecule has 0 saturated heterocycles. The van der Waals surface area contributed by atoms with E-state index in [4.69, 9.17) is 0 Å². The van der Waals surface area contributed by atoms with E-state index < -0.39 is 0 Å². The molecule has 1 aliphatic carbocycles. The number of nitrogens with zero attached hydrogens (tertiary/aromatic N) is 2. The normalized spacial score (nSPS) is 12.7. The van der Waals surface area contributed by atoms with Crippen molar-refractivity contribution in [2.24, 2.45) is 0 Å². The summed E-state index contributed by atoms with van der Waals surface area (Å²) in [5.74, 6) is -0.225. The van der Waals surface area contributed by atoms with Crippen molar-refractivity contribution >= 4 is 16.7 Å². The average Bonchev–Trinajstić information content (AvgIpc) is 2.85. The van der Waals surface area contributed by atoms with E-state index in [9.17, 15) is 15.0 Å². The molecule has 1 heterocycles. The van der Waals surface area contributed by atoms with E-state index in [1.807, 2.05) is 12.1 Å². The molecule has 0 saturated carbocycles. The standard InChI is InChI=1S/C16H12N2O3/c19-8-7-18-11-5-6-12(20)14-13(11)15(17-18)9-3-1-2-4-10(9)16(14)21/h1-6,19-20H,7-8H2. The number of carbonyl (C=O) groups excluding carboxylic acids is 1. The van der Waals surface area contributed by atoms with Crippen molar-refractivity contribution in [1.82, 2.24) is 9.78 Å². The number of phenolic OH excluding ortho intramolecular Hbond substituents is 1. The number of aliphatic hydroxyl groups excluding tert-OH is 1. The maximum atomic E-state index is 12.6. The highest BCUT2D eigenvalue weighted by atomic mass is 16.3. The lowest BCUT2D eigenvalue weighted by atomic mass is 9.87. The van der Waals surface area contributed by atoms with Crippen molar-refractivity contribution in [3.8, 4) is 17.0 Å². The second kappa shape index (κ2) is 4.17. The van der Waals surface area contributed by atoms with Crippen molar-refractivity contribution in [2.75, 3.05) is 6.61 Å². The van der Waals surface area contributed by atoms with E-state index in [2.05, 4.69) is 5.10 Å². The summed E-state index contributed by atoms with van der Waals surface area (Å²) in [6.07, 6.45) is 0. The fourth-order valence-electron chi connectivity index (χ4n) is 2.97. The third-order valence-electron chi connectivity index (χ3n) is 3.86. The van der Waals surface area contributed by atoms with Gasteiger partial charge in [-0.3, -0.25) is 9.48 Å². The van der Waals surface area contributed by atoms with Crippen molar-refractivity contribution in [3.63, 3.8) is 0 Å². The number of benzene rings is 2. The smallest absolute Gasteiger partial charge is 0.198 e. The third kappa shape index (κ3) is 1.49. The number of hydrogen-bond acceptors (Lipinski definition) is 4. The molecular formula is C16H12N2O3. The van der Waals surface area contributed by atoms with Crippen LogP contribution in [0.3, 0.4) is 0 Å². The minimum absolute atomic E-state index is 0.0354. The first kappa shape index (κ1) is 12.1. The van der Waals surface area contributed by atoms with Crippen LogP contribution in [-0.4, -0.2) is 32.4 Å². The predicted molar refractivity (Wildman–Crippen MR) is 77.4 cm³/mol. The minimum Gasteiger partial charge on any atom is -0.507 e. The molecule has 4 rings (SSSR count). The number of phenols is 1. The Morgan fingerprint density at radius 2 is 1.86 bits per heavy atom. The first-order chi connectivity index (χ1) is 10.2. The monoisotopic (exact) mass is 280 g/mol. The van der Waals surface area contributed by atoms with Gasteiger partial charge in [0, 0.05) is 16.5 Å². The van der Waals surface area contributed by atoms with E-state index in [-0.39, 0.29) is 18.1 Å². The van der Waals surface area contributed by atoms with Crippen molar-refractivity contribution < 1.29 is 15.0 Å². The molecule has 0 fully saturated rings. The molecule has 0 bridgehead atoms. The van der Waals surface area contributed by atoms with E-state index in [1.54, 1.807) is 22.9 Å². The Morgan fingerprint density at radius 1 is 1.10 bits per heavy atom. The molecule has 0 amide bonds. The lowest BCUT2D eigenvalue weighted by Gasteiger charge is -2.15. The zero-order valence-electron chi connectivity index (χ0n) is 11.1. The molecule has 21 heavy (non-hydrogen) atoms. The van der Waals surface area contributed by atoms with Crippen molar-refractivity contribution in [1.29, 1.82) is 0 Å². The quantitative estimate of drug-likeness (QED) is 0.588. The van der Waals surface area contributed by atoms with E-state index in [0.29, 0.717) is 28.8 Å². The fraction of sp³-hybridized carbons (Fsp3) is 0.125. The molecule has 1 aliphatic rings. The average molecular weight is 280 g/mol. The van der Waals surface area contributed by atoms with Crippen LogP contribution in [0.1, 0.15) is 15.9 Å². The Balaban J connectivity index is 2.18. The van der Waals surface area contributed by atoms with Gasteiger partial charge in [-0.05, 0) is 12.1 Å². The molecule has 5 nitrogen and oxygen atoms in total. The van der Waals surface area contributed by atoms with Gasteiger partial charge in [0.25, 0.3) is 0 Å². The molecule has 2 N–H and O–H groups in total. The molecule has 2 aromatic carbocycles. The number of carbonyl (C=O) groups is 1. The summed E-state index contributed by atoms with van der Waals surface area (Å²) in [6.45, 7) is 0.305. The van der Waals surface area contributed by atoms with Crippen LogP contribution in [0.4, 0.5) is 0 Å². The lowest BCUT2D eigenvalue weighted by Crippen LogP contribution is -2.09. The molecular weight excluding hydrogens is 268 g/mol. The third-order valence-corrected chi connectivity index (χ3v) is 3.86. The van der Waals surface area contributed by atoms with Crippen LogP contribution in [0, 0.1) is 0 Å². The Hall–Kier alpha value is -2.66. The zero-order valence-corrected chi connectivity index (χ0v) is 11.1. The summed E-state index contributed by atoms with van der Waals surface area (Å²) in [7, 11) is 0. The van der Waals surface area contributed by atoms with Crippen LogP contribution < -0.4 is 0 Å². The molecule has 0 spiro atoms. The number of rotatable bonds is 2. The Bertz CT molecular complexity index is 896. The van der Waals surface area contributed by atoms with Gasteiger partial charge in [0.15, 0.2) is 5.78 Å². The molecule has 1 aromatic heterocycles. The van der Waals surface area contributed by atoms with Gasteiger partial charge in [-0.1, -0.05) is 24.3 Å². The largest absolute Gasteiger partial charge is 0.507 e. The van der Waals surface area contributed by atoms with Gasteiger partial charge in [0.1, 0.15) is 11.4 Å². The number of aromatic nitrogens is 2. The van der Waals surface area contributed by atoms with E-state index in [0.717, 1.165) is 11.1 Å². The number of fused-ring (bicyclic) bond motifs is 2. The van der Waals surface area contributed by atoms with Gasteiger partial charge < -0.3 is 10.2 Å². The van der Waals surface area contributed by atoms with Crippen molar-refractivity contribution in [3.05, 3.63) is 47.5 Å². The van der Waals surface area contributed by atoms with Gasteiger partial charge in [-0.15, -0.1) is 0 Å². The molecule has 3 aromatic rings. The van der Waals surface area contributed by atoms with Crippen LogP contribution in [0.5, 0.6) is 5.75 Å². The van der Waals surface area contributed by atoms with Gasteiger partial charge in [-0.25, -0.2) is 0 Å². The van der Waals surface area contributed by atoms with Crippen LogP contribution in [-0.2, 0) is 6.54 Å². The maximum Gasteiger partial charge on any atom is 0.198 e. The summed E-state index contributed by atoms with van der Waals surface area (Å²) in [5, 5.41) is 24.4. The van der Waals surface area contributed by atoms with Gasteiger partial charge >= 0.3 is 0 Å². The number of aromatic hydroxyl groups is 1. The summed E-state index contributed by atoms with van der Waals surface area (Å²) >= 11 is 0. The van der Waals surface area contributed by atoms with Crippen LogP contribution in [0.15, 0.2) is 36.4 Å². The second-order valence-corrected chi connectivity index (χ2v) is 5.02. The van der Waals surface area contributed by atoms with E-state index in [1.165, 1.54) is 6.07 Å². The Labute approximate surface area is 120 Å². The molecule has 0 aliphatic heterocycles. The highest BCUT2D eigenvalue weighted by Gasteiger charge is 2.30. The summed E-state index contributed by atoms with van der Waals surface area (Å²) in [6, 6.07) is 10.5. The SMILES string of the molecule is O=C1c2ccccc2-c2nn(CCO)c3ccc(O)c1c23. The zero-order chi connectivity index (χ0) is 14.6. The summed E-state index contributed by atoms with van der Waals surface area (Å²) in [5.41, 5.74) is 3.03. The first-order valence-corrected chi connectivity index (χ1v) is 6.70. The lowest BCUT2D eigenvalue weighted by molar-refractivity contribution is 0.103. The summed E-state index contributed by atoms with van der Waals surface area (Å²) in [4.78, 5) is 12.6. The molecule has 104 valence electrons. The molecule has 0 unspecified atom stereocenters. The second-order valence-electron chi connectivity index (χ2n) is 5.02. The van der Waals surface area contributed by atoms with Crippen molar-refractivity contribution in [2.45, 2.75) is 6.54 Å². The molecule has 5 heteroatoms. The fourth-order valence-corrected chi connectivity index (χ4v) is 2.97. The van der Waals surface area contributed by atoms with Gasteiger partial charge in [-0.2, -0.15) is 5.10 Å². The van der Waals surface area contributed by atoms with E-state index >= 15 is 0 Å².